The van der Waals surface area contributed by atoms with Gasteiger partial charge in [0.05, 0.1) is 0 Å². The SMILES string of the molecule is C=C(C=CC)C(C)(CC)C(C)(CC)C(C)C. The fourth-order valence-corrected chi connectivity index (χ4v) is 2.82. The van der Waals surface area contributed by atoms with Crippen molar-refractivity contribution in [1.29, 1.82) is 0 Å². The maximum absolute atomic E-state index is 4.30. The minimum Gasteiger partial charge on any atom is -0.0953 e. The highest BCUT2D eigenvalue weighted by Crippen LogP contribution is 2.53. The largest absolute Gasteiger partial charge is 0.0953 e. The second-order valence-electron chi connectivity index (χ2n) is 5.64. The molecule has 0 fully saturated rings. The van der Waals surface area contributed by atoms with Gasteiger partial charge in [-0.3, -0.25) is 0 Å². The summed E-state index contributed by atoms with van der Waals surface area (Å²) in [5, 5.41) is 0. The van der Waals surface area contributed by atoms with Gasteiger partial charge in [0.1, 0.15) is 0 Å². The normalized spacial score (nSPS) is 19.8. The van der Waals surface area contributed by atoms with Crippen molar-refractivity contribution in [2.45, 2.75) is 61.3 Å². The zero-order valence-electron chi connectivity index (χ0n) is 12.4. The smallest absolute Gasteiger partial charge is 0.00278 e. The number of hydrogen-bond donors (Lipinski definition) is 0. The van der Waals surface area contributed by atoms with E-state index in [1.165, 1.54) is 12.0 Å². The van der Waals surface area contributed by atoms with Crippen LogP contribution in [0.2, 0.25) is 0 Å². The van der Waals surface area contributed by atoms with Crippen LogP contribution in [0.5, 0.6) is 0 Å². The molecule has 0 heteroatoms. The fraction of sp³-hybridized carbons (Fsp3) is 0.750. The predicted molar refractivity (Wildman–Crippen MR) is 75.6 cm³/mol. The van der Waals surface area contributed by atoms with Gasteiger partial charge in [-0.25, -0.2) is 0 Å². The van der Waals surface area contributed by atoms with Gasteiger partial charge in [0.2, 0.25) is 0 Å². The summed E-state index contributed by atoms with van der Waals surface area (Å²) in [6.45, 7) is 20.4. The molecule has 0 bridgehead atoms. The topological polar surface area (TPSA) is 0 Å². The Bertz CT molecular complexity index is 259. The summed E-state index contributed by atoms with van der Waals surface area (Å²) in [6, 6.07) is 0. The molecule has 16 heavy (non-hydrogen) atoms. The number of hydrogen-bond acceptors (Lipinski definition) is 0. The Balaban J connectivity index is 5.44. The van der Waals surface area contributed by atoms with Gasteiger partial charge in [-0.1, -0.05) is 60.3 Å². The first-order valence-corrected chi connectivity index (χ1v) is 6.62. The molecule has 0 saturated heterocycles. The van der Waals surface area contributed by atoms with E-state index >= 15 is 0 Å². The first kappa shape index (κ1) is 15.5. The molecule has 0 aromatic rings. The molecule has 2 atom stereocenters. The molecule has 0 saturated carbocycles. The molecule has 0 heterocycles. The van der Waals surface area contributed by atoms with Crippen LogP contribution in [0, 0.1) is 16.7 Å². The van der Waals surface area contributed by atoms with Gasteiger partial charge in [0.15, 0.2) is 0 Å². The van der Waals surface area contributed by atoms with Crippen LogP contribution >= 0.6 is 0 Å². The molecule has 0 aromatic carbocycles. The van der Waals surface area contributed by atoms with Gasteiger partial charge in [-0.05, 0) is 42.1 Å². The van der Waals surface area contributed by atoms with Crippen LogP contribution in [-0.4, -0.2) is 0 Å². The number of allylic oxidation sites excluding steroid dienone is 3. The van der Waals surface area contributed by atoms with E-state index in [1.807, 2.05) is 0 Å². The van der Waals surface area contributed by atoms with E-state index in [9.17, 15) is 0 Å². The fourth-order valence-electron chi connectivity index (χ4n) is 2.82. The molecule has 0 aliphatic heterocycles. The van der Waals surface area contributed by atoms with Gasteiger partial charge in [-0.15, -0.1) is 0 Å². The quantitative estimate of drug-likeness (QED) is 0.513. The van der Waals surface area contributed by atoms with Crippen molar-refractivity contribution in [3.8, 4) is 0 Å². The van der Waals surface area contributed by atoms with Crippen LogP contribution in [0.4, 0.5) is 0 Å². The molecule has 0 amide bonds. The van der Waals surface area contributed by atoms with E-state index in [0.29, 0.717) is 11.3 Å². The second-order valence-corrected chi connectivity index (χ2v) is 5.64. The lowest BCUT2D eigenvalue weighted by Crippen LogP contribution is -2.41. The molecular weight excluding hydrogens is 192 g/mol. The Kier molecular flexibility index (Phi) is 5.52. The molecule has 0 rings (SSSR count). The van der Waals surface area contributed by atoms with E-state index in [-0.39, 0.29) is 5.41 Å². The average Bonchev–Trinajstić information content (AvgIpc) is 2.26. The Morgan fingerprint density at radius 2 is 1.69 bits per heavy atom. The highest BCUT2D eigenvalue weighted by Gasteiger charge is 2.44. The summed E-state index contributed by atoms with van der Waals surface area (Å²) in [4.78, 5) is 0. The lowest BCUT2D eigenvalue weighted by Gasteiger charge is -2.50. The molecule has 0 nitrogen and oxygen atoms in total. The first-order chi connectivity index (χ1) is 7.30. The third-order valence-electron chi connectivity index (χ3n) is 5.05. The van der Waals surface area contributed by atoms with Crippen molar-refractivity contribution in [2.75, 3.05) is 0 Å². The minimum atomic E-state index is 0.197. The van der Waals surface area contributed by atoms with Crippen LogP contribution < -0.4 is 0 Å². The highest BCUT2D eigenvalue weighted by atomic mass is 14.5. The number of rotatable bonds is 6. The van der Waals surface area contributed by atoms with Crippen molar-refractivity contribution >= 4 is 0 Å². The van der Waals surface area contributed by atoms with E-state index < -0.39 is 0 Å². The second kappa shape index (κ2) is 5.70. The molecule has 2 unspecified atom stereocenters. The van der Waals surface area contributed by atoms with E-state index in [1.54, 1.807) is 0 Å². The molecule has 0 aliphatic carbocycles. The van der Waals surface area contributed by atoms with Crippen molar-refractivity contribution in [3.05, 3.63) is 24.3 Å². The molecule has 0 N–H and O–H groups in total. The molecule has 94 valence electrons. The maximum atomic E-state index is 4.30. The minimum absolute atomic E-state index is 0.197. The van der Waals surface area contributed by atoms with Crippen molar-refractivity contribution in [1.82, 2.24) is 0 Å². The maximum Gasteiger partial charge on any atom is -0.00278 e. The van der Waals surface area contributed by atoms with E-state index in [2.05, 4.69) is 67.2 Å². The summed E-state index contributed by atoms with van der Waals surface area (Å²) in [5.74, 6) is 0.671. The Morgan fingerprint density at radius 1 is 1.19 bits per heavy atom. The molecular formula is C16H30. The molecule has 0 radical (unpaired) electrons. The third kappa shape index (κ3) is 2.42. The van der Waals surface area contributed by atoms with Crippen molar-refractivity contribution in [3.63, 3.8) is 0 Å². The molecule has 0 aromatic heterocycles. The third-order valence-corrected chi connectivity index (χ3v) is 5.05. The van der Waals surface area contributed by atoms with E-state index in [0.717, 1.165) is 6.42 Å². The molecule has 0 aliphatic rings. The summed E-state index contributed by atoms with van der Waals surface area (Å²) >= 11 is 0. The molecule has 0 spiro atoms. The van der Waals surface area contributed by atoms with Crippen molar-refractivity contribution in [2.24, 2.45) is 16.7 Å². The summed E-state index contributed by atoms with van der Waals surface area (Å²) < 4.78 is 0. The summed E-state index contributed by atoms with van der Waals surface area (Å²) in [6.07, 6.45) is 6.64. The van der Waals surface area contributed by atoms with Gasteiger partial charge in [-0.2, -0.15) is 0 Å². The average molecular weight is 222 g/mol. The van der Waals surface area contributed by atoms with Crippen LogP contribution in [0.25, 0.3) is 0 Å². The highest BCUT2D eigenvalue weighted by molar-refractivity contribution is 5.26. The lowest BCUT2D eigenvalue weighted by atomic mass is 9.54. The van der Waals surface area contributed by atoms with Crippen LogP contribution in [0.1, 0.15) is 61.3 Å². The zero-order valence-corrected chi connectivity index (χ0v) is 12.4. The predicted octanol–water partition coefficient (Wildman–Crippen LogP) is 5.61. The Hall–Kier alpha value is -0.520. The Labute approximate surface area is 103 Å². The van der Waals surface area contributed by atoms with Crippen molar-refractivity contribution < 1.29 is 0 Å². The first-order valence-electron chi connectivity index (χ1n) is 6.62. The van der Waals surface area contributed by atoms with E-state index in [4.69, 9.17) is 0 Å². The van der Waals surface area contributed by atoms with Gasteiger partial charge >= 0.3 is 0 Å². The van der Waals surface area contributed by atoms with Crippen LogP contribution in [-0.2, 0) is 0 Å². The van der Waals surface area contributed by atoms with Crippen LogP contribution in [0.3, 0.4) is 0 Å². The summed E-state index contributed by atoms with van der Waals surface area (Å²) in [7, 11) is 0. The summed E-state index contributed by atoms with van der Waals surface area (Å²) in [5.41, 5.74) is 1.79. The van der Waals surface area contributed by atoms with Gasteiger partial charge < -0.3 is 0 Å². The monoisotopic (exact) mass is 222 g/mol. The lowest BCUT2D eigenvalue weighted by molar-refractivity contribution is 0.0459. The van der Waals surface area contributed by atoms with Crippen LogP contribution in [0.15, 0.2) is 24.3 Å². The zero-order chi connectivity index (χ0) is 13.0. The Morgan fingerprint density at radius 3 is 1.94 bits per heavy atom. The van der Waals surface area contributed by atoms with Gasteiger partial charge in [0, 0.05) is 0 Å². The standard InChI is InChI=1S/C16H30/c1-9-12-14(6)16(8,11-3)15(7,10-2)13(4)5/h9,12-13H,6,10-11H2,1-5,7-8H3. The van der Waals surface area contributed by atoms with Gasteiger partial charge in [0.25, 0.3) is 0 Å².